The van der Waals surface area contributed by atoms with Crippen molar-refractivity contribution in [2.75, 3.05) is 14.2 Å². The molecule has 0 aliphatic carbocycles. The van der Waals surface area contributed by atoms with E-state index >= 15 is 0 Å². The summed E-state index contributed by atoms with van der Waals surface area (Å²) in [5, 5.41) is 10.2. The van der Waals surface area contributed by atoms with Gasteiger partial charge in [0.05, 0.1) is 20.3 Å². The molecule has 1 atom stereocenters. The quantitative estimate of drug-likeness (QED) is 0.543. The highest BCUT2D eigenvalue weighted by Crippen LogP contribution is 2.31. The minimum atomic E-state index is -0.482. The fourth-order valence-electron chi connectivity index (χ4n) is 2.05. The van der Waals surface area contributed by atoms with Crippen LogP contribution in [0.25, 0.3) is 0 Å². The molecule has 19 heavy (non-hydrogen) atoms. The molecule has 1 N–H and O–H groups in total. The molecule has 1 aromatic carbocycles. The van der Waals surface area contributed by atoms with Crippen molar-refractivity contribution in [3.05, 3.63) is 36.4 Å². The van der Waals surface area contributed by atoms with Gasteiger partial charge in [0.25, 0.3) is 0 Å². The van der Waals surface area contributed by atoms with Crippen LogP contribution in [0.2, 0.25) is 0 Å². The summed E-state index contributed by atoms with van der Waals surface area (Å²) in [5.41, 5.74) is 0.826. The summed E-state index contributed by atoms with van der Waals surface area (Å²) in [5.74, 6) is 1.41. The second-order valence-electron chi connectivity index (χ2n) is 4.55. The summed E-state index contributed by atoms with van der Waals surface area (Å²) in [6.07, 6.45) is 6.50. The number of unbranched alkanes of at least 4 members (excludes halogenated alkanes) is 3. The standard InChI is InChI=1S/C16H24O3/c1-4-5-6-7-8-9-15(17)14-11-10-13(18-2)12-16(14)19-3/h4,10-12,15,17H,1,5-9H2,2-3H3. The Hall–Kier alpha value is -1.48. The first-order chi connectivity index (χ1) is 9.22. The molecule has 0 bridgehead atoms. The van der Waals surface area contributed by atoms with E-state index in [0.29, 0.717) is 5.75 Å². The Balaban J connectivity index is 2.55. The highest BCUT2D eigenvalue weighted by atomic mass is 16.5. The summed E-state index contributed by atoms with van der Waals surface area (Å²) in [4.78, 5) is 0. The Kier molecular flexibility index (Phi) is 7.04. The van der Waals surface area contributed by atoms with Crippen LogP contribution in [0.4, 0.5) is 0 Å². The molecule has 1 rings (SSSR count). The zero-order valence-electron chi connectivity index (χ0n) is 11.9. The minimum Gasteiger partial charge on any atom is -0.497 e. The molecule has 1 unspecified atom stereocenters. The lowest BCUT2D eigenvalue weighted by molar-refractivity contribution is 0.159. The van der Waals surface area contributed by atoms with Crippen molar-refractivity contribution in [2.45, 2.75) is 38.2 Å². The normalized spacial score (nSPS) is 11.9. The molecule has 0 aromatic heterocycles. The molecule has 3 nitrogen and oxygen atoms in total. The van der Waals surface area contributed by atoms with Crippen LogP contribution in [-0.2, 0) is 0 Å². The van der Waals surface area contributed by atoms with Gasteiger partial charge in [0.2, 0.25) is 0 Å². The number of aliphatic hydroxyl groups is 1. The van der Waals surface area contributed by atoms with Crippen LogP contribution >= 0.6 is 0 Å². The van der Waals surface area contributed by atoms with Crippen molar-refractivity contribution in [1.29, 1.82) is 0 Å². The Morgan fingerprint density at radius 2 is 2.00 bits per heavy atom. The Morgan fingerprint density at radius 1 is 1.21 bits per heavy atom. The lowest BCUT2D eigenvalue weighted by atomic mass is 10.0. The fourth-order valence-corrected chi connectivity index (χ4v) is 2.05. The largest absolute Gasteiger partial charge is 0.497 e. The van der Waals surface area contributed by atoms with Gasteiger partial charge in [-0.15, -0.1) is 6.58 Å². The molecular formula is C16H24O3. The van der Waals surface area contributed by atoms with E-state index in [-0.39, 0.29) is 0 Å². The van der Waals surface area contributed by atoms with Gasteiger partial charge in [0.15, 0.2) is 0 Å². The van der Waals surface area contributed by atoms with Crippen molar-refractivity contribution in [1.82, 2.24) is 0 Å². The van der Waals surface area contributed by atoms with Gasteiger partial charge < -0.3 is 14.6 Å². The molecule has 1 aromatic rings. The summed E-state index contributed by atoms with van der Waals surface area (Å²) < 4.78 is 10.4. The Labute approximate surface area is 115 Å². The van der Waals surface area contributed by atoms with Gasteiger partial charge in [-0.05, 0) is 31.4 Å². The number of allylic oxidation sites excluding steroid dienone is 1. The van der Waals surface area contributed by atoms with E-state index in [1.807, 2.05) is 18.2 Å². The van der Waals surface area contributed by atoms with Crippen molar-refractivity contribution in [2.24, 2.45) is 0 Å². The lowest BCUT2D eigenvalue weighted by Crippen LogP contribution is -2.01. The predicted molar refractivity (Wildman–Crippen MR) is 77.8 cm³/mol. The number of methoxy groups -OCH3 is 2. The van der Waals surface area contributed by atoms with Crippen LogP contribution in [0.3, 0.4) is 0 Å². The van der Waals surface area contributed by atoms with Gasteiger partial charge >= 0.3 is 0 Å². The van der Waals surface area contributed by atoms with Gasteiger partial charge in [-0.3, -0.25) is 0 Å². The third-order valence-corrected chi connectivity index (χ3v) is 3.19. The predicted octanol–water partition coefficient (Wildman–Crippen LogP) is 3.87. The van der Waals surface area contributed by atoms with Gasteiger partial charge in [0.1, 0.15) is 11.5 Å². The second kappa shape index (κ2) is 8.59. The smallest absolute Gasteiger partial charge is 0.128 e. The molecular weight excluding hydrogens is 240 g/mol. The van der Waals surface area contributed by atoms with Crippen LogP contribution in [0.1, 0.15) is 43.8 Å². The molecule has 0 spiro atoms. The van der Waals surface area contributed by atoms with Crippen molar-refractivity contribution < 1.29 is 14.6 Å². The highest BCUT2D eigenvalue weighted by Gasteiger charge is 2.13. The van der Waals surface area contributed by atoms with Crippen LogP contribution < -0.4 is 9.47 Å². The van der Waals surface area contributed by atoms with Crippen molar-refractivity contribution >= 4 is 0 Å². The molecule has 0 radical (unpaired) electrons. The van der Waals surface area contributed by atoms with Crippen molar-refractivity contribution in [3.8, 4) is 11.5 Å². The maximum absolute atomic E-state index is 10.2. The maximum atomic E-state index is 10.2. The first-order valence-corrected chi connectivity index (χ1v) is 6.73. The zero-order chi connectivity index (χ0) is 14.1. The third kappa shape index (κ3) is 4.95. The molecule has 0 saturated heterocycles. The van der Waals surface area contributed by atoms with E-state index in [1.165, 1.54) is 0 Å². The van der Waals surface area contributed by atoms with Gasteiger partial charge in [-0.1, -0.05) is 18.9 Å². The van der Waals surface area contributed by atoms with Crippen LogP contribution in [0.15, 0.2) is 30.9 Å². The summed E-state index contributed by atoms with van der Waals surface area (Å²) in [7, 11) is 3.22. The van der Waals surface area contributed by atoms with Gasteiger partial charge in [-0.25, -0.2) is 0 Å². The average Bonchev–Trinajstić information content (AvgIpc) is 2.46. The molecule has 106 valence electrons. The van der Waals surface area contributed by atoms with Crippen LogP contribution in [-0.4, -0.2) is 19.3 Å². The van der Waals surface area contributed by atoms with Crippen LogP contribution in [0, 0.1) is 0 Å². The fraction of sp³-hybridized carbons (Fsp3) is 0.500. The third-order valence-electron chi connectivity index (χ3n) is 3.19. The number of hydrogen-bond acceptors (Lipinski definition) is 3. The lowest BCUT2D eigenvalue weighted by Gasteiger charge is -2.15. The zero-order valence-corrected chi connectivity index (χ0v) is 11.9. The van der Waals surface area contributed by atoms with Crippen LogP contribution in [0.5, 0.6) is 11.5 Å². The molecule has 0 aliphatic heterocycles. The highest BCUT2D eigenvalue weighted by molar-refractivity contribution is 5.41. The molecule has 0 fully saturated rings. The van der Waals surface area contributed by atoms with Crippen molar-refractivity contribution in [3.63, 3.8) is 0 Å². The molecule has 0 saturated carbocycles. The summed E-state index contributed by atoms with van der Waals surface area (Å²) >= 11 is 0. The van der Waals surface area contributed by atoms with E-state index in [4.69, 9.17) is 9.47 Å². The Morgan fingerprint density at radius 3 is 2.63 bits per heavy atom. The minimum absolute atomic E-state index is 0.482. The topological polar surface area (TPSA) is 38.7 Å². The second-order valence-corrected chi connectivity index (χ2v) is 4.55. The van der Waals surface area contributed by atoms with Gasteiger partial charge in [-0.2, -0.15) is 0 Å². The first kappa shape index (κ1) is 15.6. The number of benzene rings is 1. The van der Waals surface area contributed by atoms with E-state index in [2.05, 4.69) is 6.58 Å². The summed E-state index contributed by atoms with van der Waals surface area (Å²) in [6, 6.07) is 5.52. The van der Waals surface area contributed by atoms with Gasteiger partial charge in [0, 0.05) is 11.6 Å². The molecule has 0 aliphatic rings. The van der Waals surface area contributed by atoms with E-state index in [1.54, 1.807) is 20.3 Å². The monoisotopic (exact) mass is 264 g/mol. The maximum Gasteiger partial charge on any atom is 0.128 e. The average molecular weight is 264 g/mol. The van der Waals surface area contributed by atoms with E-state index < -0.39 is 6.10 Å². The number of ether oxygens (including phenoxy) is 2. The Bertz CT molecular complexity index is 388. The van der Waals surface area contributed by atoms with E-state index in [0.717, 1.165) is 43.4 Å². The molecule has 3 heteroatoms. The number of rotatable bonds is 9. The number of hydrogen-bond donors (Lipinski definition) is 1. The first-order valence-electron chi connectivity index (χ1n) is 6.73. The number of aliphatic hydroxyl groups excluding tert-OH is 1. The van der Waals surface area contributed by atoms with E-state index in [9.17, 15) is 5.11 Å². The SMILES string of the molecule is C=CCCCCCC(O)c1ccc(OC)cc1OC. The molecule has 0 heterocycles. The summed E-state index contributed by atoms with van der Waals surface area (Å²) in [6.45, 7) is 3.70. The molecule has 0 amide bonds.